The summed E-state index contributed by atoms with van der Waals surface area (Å²) in [5, 5.41) is 12.5. The third-order valence-corrected chi connectivity index (χ3v) is 2.20. The van der Waals surface area contributed by atoms with Gasteiger partial charge in [-0.15, -0.1) is 0 Å². The van der Waals surface area contributed by atoms with E-state index < -0.39 is 0 Å². The smallest absolute Gasteiger partial charge is 0.258 e. The van der Waals surface area contributed by atoms with Crippen LogP contribution in [0, 0.1) is 17.0 Å². The van der Waals surface area contributed by atoms with Gasteiger partial charge in [-0.1, -0.05) is 12.1 Å². The number of nitrogens with one attached hydrogen (secondary N) is 1. The average Bonchev–Trinajstić information content (AvgIpc) is 2.15. The molecule has 0 bridgehead atoms. The highest BCUT2D eigenvalue weighted by Crippen LogP contribution is 2.20. The molecule has 1 aromatic carbocycles. The highest BCUT2D eigenvalue weighted by molar-refractivity contribution is 5.44. The van der Waals surface area contributed by atoms with Crippen molar-refractivity contribution in [2.45, 2.75) is 13.5 Å². The van der Waals surface area contributed by atoms with Gasteiger partial charge in [0.2, 0.25) is 0 Å². The highest BCUT2D eigenvalue weighted by Gasteiger charge is 2.12. The molecular weight excluding hydrogens is 194 g/mol. The molecule has 0 aliphatic carbocycles. The molecule has 15 heavy (non-hydrogen) atoms. The van der Waals surface area contributed by atoms with E-state index in [0.717, 1.165) is 11.1 Å². The Kier molecular flexibility index (Phi) is 3.76. The second-order valence-electron chi connectivity index (χ2n) is 3.55. The van der Waals surface area contributed by atoms with Crippen LogP contribution in [-0.4, -0.2) is 24.0 Å². The van der Waals surface area contributed by atoms with Gasteiger partial charge < -0.3 is 0 Å². The summed E-state index contributed by atoms with van der Waals surface area (Å²) in [7, 11) is 3.76. The molecular formula is C10H15N3O2. The van der Waals surface area contributed by atoms with Crippen LogP contribution in [0.5, 0.6) is 0 Å². The number of hydrazine groups is 1. The van der Waals surface area contributed by atoms with E-state index in [9.17, 15) is 10.1 Å². The number of nitrogens with zero attached hydrogens (tertiary/aromatic N) is 2. The lowest BCUT2D eigenvalue weighted by molar-refractivity contribution is -0.385. The summed E-state index contributed by atoms with van der Waals surface area (Å²) in [5.41, 5.74) is 4.92. The van der Waals surface area contributed by atoms with Gasteiger partial charge in [0.25, 0.3) is 5.69 Å². The quantitative estimate of drug-likeness (QED) is 0.602. The molecule has 0 fully saturated rings. The Morgan fingerprint density at radius 2 is 2.13 bits per heavy atom. The summed E-state index contributed by atoms with van der Waals surface area (Å²) in [5.74, 6) is 0. The van der Waals surface area contributed by atoms with Crippen LogP contribution in [0.2, 0.25) is 0 Å². The third kappa shape index (κ3) is 3.00. The zero-order valence-corrected chi connectivity index (χ0v) is 9.15. The largest absolute Gasteiger partial charge is 0.272 e. The molecule has 0 aliphatic heterocycles. The Morgan fingerprint density at radius 3 is 2.67 bits per heavy atom. The van der Waals surface area contributed by atoms with Crippen LogP contribution in [0.4, 0.5) is 5.69 Å². The van der Waals surface area contributed by atoms with Crippen molar-refractivity contribution in [3.8, 4) is 0 Å². The van der Waals surface area contributed by atoms with Crippen molar-refractivity contribution in [1.82, 2.24) is 10.4 Å². The first kappa shape index (κ1) is 11.6. The Bertz CT molecular complexity index is 364. The normalized spacial score (nSPS) is 10.7. The average molecular weight is 209 g/mol. The summed E-state index contributed by atoms with van der Waals surface area (Å²) in [6.07, 6.45) is 0. The number of rotatable bonds is 4. The van der Waals surface area contributed by atoms with Crippen molar-refractivity contribution < 1.29 is 4.92 Å². The molecule has 1 N–H and O–H groups in total. The summed E-state index contributed by atoms with van der Waals surface area (Å²) >= 11 is 0. The predicted octanol–water partition coefficient (Wildman–Crippen LogP) is 1.47. The monoisotopic (exact) mass is 209 g/mol. The van der Waals surface area contributed by atoms with Crippen LogP contribution < -0.4 is 5.43 Å². The molecule has 1 aromatic rings. The van der Waals surface area contributed by atoms with E-state index in [4.69, 9.17) is 0 Å². The van der Waals surface area contributed by atoms with E-state index in [1.54, 1.807) is 13.0 Å². The fraction of sp³-hybridized carbons (Fsp3) is 0.400. The van der Waals surface area contributed by atoms with Crippen molar-refractivity contribution in [2.24, 2.45) is 0 Å². The highest BCUT2D eigenvalue weighted by atomic mass is 16.6. The molecule has 0 atom stereocenters. The molecule has 0 aliphatic rings. The third-order valence-electron chi connectivity index (χ3n) is 2.20. The van der Waals surface area contributed by atoms with Crippen LogP contribution in [0.1, 0.15) is 11.1 Å². The summed E-state index contributed by atoms with van der Waals surface area (Å²) in [6.45, 7) is 2.37. The molecule has 1 rings (SSSR count). The maximum absolute atomic E-state index is 10.7. The Labute approximate surface area is 88.8 Å². The number of benzene rings is 1. The van der Waals surface area contributed by atoms with E-state index >= 15 is 0 Å². The molecule has 0 aromatic heterocycles. The lowest BCUT2D eigenvalue weighted by Gasteiger charge is -2.13. The first-order valence-electron chi connectivity index (χ1n) is 4.66. The van der Waals surface area contributed by atoms with Crippen LogP contribution in [0.25, 0.3) is 0 Å². The van der Waals surface area contributed by atoms with Gasteiger partial charge >= 0.3 is 0 Å². The van der Waals surface area contributed by atoms with Crippen LogP contribution in [-0.2, 0) is 6.54 Å². The fourth-order valence-corrected chi connectivity index (χ4v) is 1.30. The molecule has 0 unspecified atom stereocenters. The lowest BCUT2D eigenvalue weighted by Crippen LogP contribution is -2.29. The zero-order valence-electron chi connectivity index (χ0n) is 9.15. The summed E-state index contributed by atoms with van der Waals surface area (Å²) in [4.78, 5) is 10.3. The Hall–Kier alpha value is -1.46. The van der Waals surface area contributed by atoms with Crippen molar-refractivity contribution in [3.05, 3.63) is 39.4 Å². The van der Waals surface area contributed by atoms with Gasteiger partial charge in [0, 0.05) is 32.3 Å². The minimum atomic E-state index is -0.353. The molecule has 82 valence electrons. The first-order valence-corrected chi connectivity index (χ1v) is 4.66. The van der Waals surface area contributed by atoms with Gasteiger partial charge in [0.15, 0.2) is 0 Å². The number of nitro groups is 1. The van der Waals surface area contributed by atoms with Crippen molar-refractivity contribution in [1.29, 1.82) is 0 Å². The van der Waals surface area contributed by atoms with Crippen molar-refractivity contribution in [2.75, 3.05) is 14.1 Å². The molecule has 0 spiro atoms. The Balaban J connectivity index is 2.89. The minimum absolute atomic E-state index is 0.174. The first-order chi connectivity index (χ1) is 7.02. The maximum atomic E-state index is 10.7. The van der Waals surface area contributed by atoms with Crippen LogP contribution in [0.15, 0.2) is 18.2 Å². The van der Waals surface area contributed by atoms with Gasteiger partial charge in [-0.2, -0.15) is 0 Å². The van der Waals surface area contributed by atoms with E-state index in [-0.39, 0.29) is 10.6 Å². The van der Waals surface area contributed by atoms with Gasteiger partial charge in [-0.05, 0) is 12.5 Å². The van der Waals surface area contributed by atoms with Gasteiger partial charge in [-0.3, -0.25) is 20.5 Å². The maximum Gasteiger partial charge on any atom is 0.272 e. The second kappa shape index (κ2) is 4.86. The molecule has 5 nitrogen and oxygen atoms in total. The Morgan fingerprint density at radius 1 is 1.47 bits per heavy atom. The van der Waals surface area contributed by atoms with Gasteiger partial charge in [-0.25, -0.2) is 0 Å². The SMILES string of the molecule is Cc1c(CNN(C)C)cccc1[N+](=O)[O-]. The molecule has 0 amide bonds. The number of hydrogen-bond donors (Lipinski definition) is 1. The second-order valence-corrected chi connectivity index (χ2v) is 3.55. The van der Waals surface area contributed by atoms with E-state index in [0.29, 0.717) is 6.54 Å². The predicted molar refractivity (Wildman–Crippen MR) is 58.4 cm³/mol. The molecule has 0 radical (unpaired) electrons. The number of nitro benzene ring substituents is 1. The van der Waals surface area contributed by atoms with Crippen LogP contribution in [0.3, 0.4) is 0 Å². The number of hydrogen-bond acceptors (Lipinski definition) is 4. The van der Waals surface area contributed by atoms with E-state index in [2.05, 4.69) is 5.43 Å². The minimum Gasteiger partial charge on any atom is -0.258 e. The molecule has 0 heterocycles. The standard InChI is InChI=1S/C10H15N3O2/c1-8-9(7-11-12(2)3)5-4-6-10(8)13(14)15/h4-6,11H,7H2,1-3H3. The fourth-order valence-electron chi connectivity index (χ4n) is 1.30. The van der Waals surface area contributed by atoms with Gasteiger partial charge in [0.1, 0.15) is 0 Å². The topological polar surface area (TPSA) is 58.4 Å². The van der Waals surface area contributed by atoms with E-state index in [1.807, 2.05) is 25.2 Å². The zero-order chi connectivity index (χ0) is 11.4. The summed E-state index contributed by atoms with van der Waals surface area (Å²) < 4.78 is 0. The molecule has 0 saturated carbocycles. The van der Waals surface area contributed by atoms with Gasteiger partial charge in [0.05, 0.1) is 4.92 Å². The van der Waals surface area contributed by atoms with E-state index in [1.165, 1.54) is 6.07 Å². The molecule has 5 heteroatoms. The lowest BCUT2D eigenvalue weighted by atomic mass is 10.1. The van der Waals surface area contributed by atoms with Crippen molar-refractivity contribution in [3.63, 3.8) is 0 Å². The summed E-state index contributed by atoms with van der Waals surface area (Å²) in [6, 6.07) is 5.12. The van der Waals surface area contributed by atoms with Crippen LogP contribution >= 0.6 is 0 Å². The molecule has 0 saturated heterocycles. The van der Waals surface area contributed by atoms with Crippen molar-refractivity contribution >= 4 is 5.69 Å².